The van der Waals surface area contributed by atoms with Gasteiger partial charge in [0, 0.05) is 11.6 Å². The number of rotatable bonds is 3. The number of nitrogens with one attached hydrogen (secondary N) is 1. The van der Waals surface area contributed by atoms with E-state index in [1.54, 1.807) is 0 Å². The van der Waals surface area contributed by atoms with E-state index in [1.165, 1.54) is 6.42 Å². The molecule has 2 aliphatic carbocycles. The number of fused-ring (bicyclic) bond motifs is 1. The Bertz CT molecular complexity index is 461. The first kappa shape index (κ1) is 12.0. The molecule has 3 unspecified atom stereocenters. The van der Waals surface area contributed by atoms with Gasteiger partial charge >= 0.3 is 0 Å². The molecule has 0 aromatic heterocycles. The average molecular weight is 264 g/mol. The monoisotopic (exact) mass is 263 g/mol. The van der Waals surface area contributed by atoms with Crippen LogP contribution < -0.4 is 5.32 Å². The molecule has 2 saturated carbocycles. The molecule has 96 valence electrons. The molecule has 1 aromatic rings. The molecular formula is C15H18ClNO. The summed E-state index contributed by atoms with van der Waals surface area (Å²) in [5.41, 5.74) is 1.86. The summed E-state index contributed by atoms with van der Waals surface area (Å²) in [5.74, 6) is 2.06. The largest absolute Gasteiger partial charge is 0.326 e. The van der Waals surface area contributed by atoms with E-state index in [4.69, 9.17) is 11.6 Å². The Kier molecular flexibility index (Phi) is 3.06. The zero-order valence-electron chi connectivity index (χ0n) is 10.5. The zero-order valence-corrected chi connectivity index (χ0v) is 11.3. The van der Waals surface area contributed by atoms with Gasteiger partial charge in [-0.15, -0.1) is 11.6 Å². The zero-order chi connectivity index (χ0) is 12.7. The fourth-order valence-electron chi connectivity index (χ4n) is 3.12. The molecule has 1 aromatic carbocycles. The number of para-hydroxylation sites is 1. The van der Waals surface area contributed by atoms with Crippen molar-refractivity contribution in [3.63, 3.8) is 0 Å². The number of carbonyl (C=O) groups is 1. The van der Waals surface area contributed by atoms with Gasteiger partial charge in [0.1, 0.15) is 0 Å². The lowest BCUT2D eigenvalue weighted by molar-refractivity contribution is -0.120. The van der Waals surface area contributed by atoms with Gasteiger partial charge in [-0.2, -0.15) is 0 Å². The van der Waals surface area contributed by atoms with Crippen LogP contribution in [0.3, 0.4) is 0 Å². The maximum absolute atomic E-state index is 12.2. The van der Waals surface area contributed by atoms with Crippen LogP contribution in [0.2, 0.25) is 0 Å². The van der Waals surface area contributed by atoms with Crippen molar-refractivity contribution in [2.75, 3.05) is 5.32 Å². The van der Waals surface area contributed by atoms with Crippen molar-refractivity contribution in [1.82, 2.24) is 0 Å². The van der Waals surface area contributed by atoms with Crippen molar-refractivity contribution in [2.24, 2.45) is 17.8 Å². The Morgan fingerprint density at radius 3 is 2.61 bits per heavy atom. The number of hydrogen-bond donors (Lipinski definition) is 1. The molecule has 2 fully saturated rings. The SMILES string of the molecule is CC(Cl)c1ccccc1NC(=O)C1CC2CC2C1. The van der Waals surface area contributed by atoms with Crippen molar-refractivity contribution in [1.29, 1.82) is 0 Å². The van der Waals surface area contributed by atoms with E-state index in [0.717, 1.165) is 35.9 Å². The average Bonchev–Trinajstić information content (AvgIpc) is 2.96. The van der Waals surface area contributed by atoms with Crippen molar-refractivity contribution in [3.05, 3.63) is 29.8 Å². The number of carbonyl (C=O) groups excluding carboxylic acids is 1. The third kappa shape index (κ3) is 2.26. The van der Waals surface area contributed by atoms with Gasteiger partial charge in [0.25, 0.3) is 0 Å². The van der Waals surface area contributed by atoms with Crippen LogP contribution in [0.25, 0.3) is 0 Å². The van der Waals surface area contributed by atoms with E-state index in [-0.39, 0.29) is 17.2 Å². The molecule has 3 heteroatoms. The van der Waals surface area contributed by atoms with Gasteiger partial charge in [-0.3, -0.25) is 4.79 Å². The van der Waals surface area contributed by atoms with Crippen molar-refractivity contribution in [2.45, 2.75) is 31.6 Å². The number of anilines is 1. The molecule has 3 rings (SSSR count). The number of halogens is 1. The van der Waals surface area contributed by atoms with E-state index in [1.807, 2.05) is 31.2 Å². The molecule has 0 saturated heterocycles. The second-order valence-corrected chi connectivity index (χ2v) is 6.27. The summed E-state index contributed by atoms with van der Waals surface area (Å²) in [6, 6.07) is 7.79. The van der Waals surface area contributed by atoms with Crippen molar-refractivity contribution >= 4 is 23.2 Å². The van der Waals surface area contributed by atoms with Crippen LogP contribution in [-0.4, -0.2) is 5.91 Å². The Labute approximate surface area is 113 Å². The Morgan fingerprint density at radius 2 is 1.94 bits per heavy atom. The van der Waals surface area contributed by atoms with Crippen LogP contribution >= 0.6 is 11.6 Å². The van der Waals surface area contributed by atoms with Gasteiger partial charge in [0.05, 0.1) is 5.38 Å². The van der Waals surface area contributed by atoms with Gasteiger partial charge in [0.2, 0.25) is 5.91 Å². The molecule has 2 aliphatic rings. The molecule has 0 bridgehead atoms. The van der Waals surface area contributed by atoms with Gasteiger partial charge in [-0.05, 0) is 49.7 Å². The molecule has 2 nitrogen and oxygen atoms in total. The van der Waals surface area contributed by atoms with Crippen LogP contribution in [0.5, 0.6) is 0 Å². The van der Waals surface area contributed by atoms with E-state index in [9.17, 15) is 4.79 Å². The van der Waals surface area contributed by atoms with Crippen LogP contribution in [-0.2, 0) is 4.79 Å². The number of benzene rings is 1. The van der Waals surface area contributed by atoms with Crippen molar-refractivity contribution in [3.8, 4) is 0 Å². The summed E-state index contributed by atoms with van der Waals surface area (Å²) in [4.78, 5) is 12.2. The fraction of sp³-hybridized carbons (Fsp3) is 0.533. The number of alkyl halides is 1. The highest BCUT2D eigenvalue weighted by atomic mass is 35.5. The lowest BCUT2D eigenvalue weighted by Gasteiger charge is -2.16. The summed E-state index contributed by atoms with van der Waals surface area (Å²) in [6.07, 6.45) is 3.50. The molecule has 0 heterocycles. The minimum atomic E-state index is -0.0847. The van der Waals surface area contributed by atoms with Crippen LogP contribution in [0.15, 0.2) is 24.3 Å². The fourth-order valence-corrected chi connectivity index (χ4v) is 3.31. The van der Waals surface area contributed by atoms with Gasteiger partial charge < -0.3 is 5.32 Å². The smallest absolute Gasteiger partial charge is 0.227 e. The molecular weight excluding hydrogens is 246 g/mol. The topological polar surface area (TPSA) is 29.1 Å². The third-order valence-electron chi connectivity index (χ3n) is 4.26. The Balaban J connectivity index is 1.70. The molecule has 0 radical (unpaired) electrons. The van der Waals surface area contributed by atoms with E-state index < -0.39 is 0 Å². The molecule has 0 spiro atoms. The highest BCUT2D eigenvalue weighted by molar-refractivity contribution is 6.21. The lowest BCUT2D eigenvalue weighted by Crippen LogP contribution is -2.22. The lowest BCUT2D eigenvalue weighted by atomic mass is 10.0. The second kappa shape index (κ2) is 4.58. The van der Waals surface area contributed by atoms with E-state index >= 15 is 0 Å². The van der Waals surface area contributed by atoms with Gasteiger partial charge in [0.15, 0.2) is 0 Å². The maximum atomic E-state index is 12.2. The van der Waals surface area contributed by atoms with E-state index in [0.29, 0.717) is 0 Å². The minimum absolute atomic E-state index is 0.0847. The highest BCUT2D eigenvalue weighted by Crippen LogP contribution is 2.54. The first-order valence-electron chi connectivity index (χ1n) is 6.69. The summed E-state index contributed by atoms with van der Waals surface area (Å²) in [7, 11) is 0. The highest BCUT2D eigenvalue weighted by Gasteiger charge is 2.48. The second-order valence-electron chi connectivity index (χ2n) is 5.62. The van der Waals surface area contributed by atoms with E-state index in [2.05, 4.69) is 5.32 Å². The van der Waals surface area contributed by atoms with Crippen LogP contribution in [0.4, 0.5) is 5.69 Å². The Hall–Kier alpha value is -1.02. The van der Waals surface area contributed by atoms with Crippen LogP contribution in [0.1, 0.15) is 37.1 Å². The first-order chi connectivity index (χ1) is 8.65. The quantitative estimate of drug-likeness (QED) is 0.822. The summed E-state index contributed by atoms with van der Waals surface area (Å²) in [6.45, 7) is 1.93. The molecule has 1 N–H and O–H groups in total. The van der Waals surface area contributed by atoms with Gasteiger partial charge in [-0.25, -0.2) is 0 Å². The molecule has 18 heavy (non-hydrogen) atoms. The summed E-state index contributed by atoms with van der Waals surface area (Å²) in [5, 5.41) is 2.97. The first-order valence-corrected chi connectivity index (χ1v) is 7.12. The standard InChI is InChI=1S/C15H18ClNO/c1-9(16)13-4-2-3-5-14(13)17-15(18)12-7-10-6-11(10)8-12/h2-5,9-12H,6-8H2,1H3,(H,17,18). The molecule has 0 aliphatic heterocycles. The molecule has 3 atom stereocenters. The summed E-state index contributed by atoms with van der Waals surface area (Å²) < 4.78 is 0. The van der Waals surface area contributed by atoms with Crippen LogP contribution in [0, 0.1) is 17.8 Å². The predicted octanol–water partition coefficient (Wildman–Crippen LogP) is 3.97. The maximum Gasteiger partial charge on any atom is 0.227 e. The third-order valence-corrected chi connectivity index (χ3v) is 4.50. The number of amides is 1. The Morgan fingerprint density at radius 1 is 1.28 bits per heavy atom. The van der Waals surface area contributed by atoms with Crippen molar-refractivity contribution < 1.29 is 4.79 Å². The normalized spacial score (nSPS) is 30.7. The predicted molar refractivity (Wildman–Crippen MR) is 73.7 cm³/mol. The number of hydrogen-bond acceptors (Lipinski definition) is 1. The van der Waals surface area contributed by atoms with Gasteiger partial charge in [-0.1, -0.05) is 18.2 Å². The summed E-state index contributed by atoms with van der Waals surface area (Å²) >= 11 is 6.13. The molecule has 1 amide bonds. The minimum Gasteiger partial charge on any atom is -0.326 e.